The number of anilines is 1. The fourth-order valence-corrected chi connectivity index (χ4v) is 2.29. The Hall–Kier alpha value is -1.74. The predicted molar refractivity (Wildman–Crippen MR) is 88.4 cm³/mol. The summed E-state index contributed by atoms with van der Waals surface area (Å²) in [5.74, 6) is 1.84. The van der Waals surface area contributed by atoms with Crippen molar-refractivity contribution in [1.82, 2.24) is 4.98 Å². The van der Waals surface area contributed by atoms with Crippen molar-refractivity contribution >= 4 is 17.3 Å². The van der Waals surface area contributed by atoms with E-state index in [-0.39, 0.29) is 5.92 Å². The van der Waals surface area contributed by atoms with Gasteiger partial charge in [-0.2, -0.15) is 0 Å². The van der Waals surface area contributed by atoms with Crippen LogP contribution in [-0.2, 0) is 0 Å². The van der Waals surface area contributed by atoms with E-state index in [1.54, 1.807) is 12.1 Å². The maximum atomic E-state index is 6.23. The molecule has 112 valence electrons. The molecule has 0 radical (unpaired) electrons. The summed E-state index contributed by atoms with van der Waals surface area (Å²) in [6.07, 6.45) is 0. The third-order valence-corrected chi connectivity index (χ3v) is 3.55. The van der Waals surface area contributed by atoms with Crippen molar-refractivity contribution < 1.29 is 4.74 Å². The van der Waals surface area contributed by atoms with Gasteiger partial charge >= 0.3 is 0 Å². The van der Waals surface area contributed by atoms with Gasteiger partial charge in [-0.05, 0) is 41.7 Å². The van der Waals surface area contributed by atoms with Gasteiger partial charge < -0.3 is 10.5 Å². The number of benzene rings is 1. The standard InChI is InChI=1S/C17H21ClN2O/c1-10(2)14-9-15(20-17(11(3)4)16(14)19)21-13-7-5-12(18)6-8-13/h5-11H,19H2,1-4H3. The van der Waals surface area contributed by atoms with Crippen LogP contribution in [0.5, 0.6) is 11.6 Å². The molecule has 4 heteroatoms. The van der Waals surface area contributed by atoms with E-state index in [0.29, 0.717) is 22.6 Å². The Bertz CT molecular complexity index is 592. The smallest absolute Gasteiger partial charge is 0.219 e. The Balaban J connectivity index is 2.41. The Morgan fingerprint density at radius 1 is 1.05 bits per heavy atom. The van der Waals surface area contributed by atoms with E-state index in [1.165, 1.54) is 0 Å². The third-order valence-electron chi connectivity index (χ3n) is 3.30. The van der Waals surface area contributed by atoms with Gasteiger partial charge in [-0.15, -0.1) is 0 Å². The van der Waals surface area contributed by atoms with Crippen molar-refractivity contribution in [2.24, 2.45) is 0 Å². The molecule has 1 aromatic carbocycles. The zero-order valence-corrected chi connectivity index (χ0v) is 13.6. The highest BCUT2D eigenvalue weighted by Gasteiger charge is 2.16. The number of nitrogens with zero attached hydrogens (tertiary/aromatic N) is 1. The molecule has 2 N–H and O–H groups in total. The molecule has 2 aromatic rings. The van der Waals surface area contributed by atoms with E-state index in [1.807, 2.05) is 18.2 Å². The molecular formula is C17H21ClN2O. The molecule has 0 saturated heterocycles. The van der Waals surface area contributed by atoms with Crippen LogP contribution >= 0.6 is 11.6 Å². The summed E-state index contributed by atoms with van der Waals surface area (Å²) < 4.78 is 5.84. The van der Waals surface area contributed by atoms with Crippen molar-refractivity contribution in [1.29, 1.82) is 0 Å². The average Bonchev–Trinajstić information content (AvgIpc) is 2.42. The minimum absolute atomic E-state index is 0.247. The van der Waals surface area contributed by atoms with Gasteiger partial charge in [0.1, 0.15) is 5.75 Å². The number of halogens is 1. The number of hydrogen-bond donors (Lipinski definition) is 1. The number of nitrogens with two attached hydrogens (primary N) is 1. The molecule has 0 aliphatic carbocycles. The number of rotatable bonds is 4. The molecule has 2 rings (SSSR count). The molecule has 0 amide bonds. The summed E-state index contributed by atoms with van der Waals surface area (Å²) in [6.45, 7) is 8.38. The highest BCUT2D eigenvalue weighted by atomic mass is 35.5. The lowest BCUT2D eigenvalue weighted by Gasteiger charge is -2.17. The summed E-state index contributed by atoms with van der Waals surface area (Å²) in [4.78, 5) is 4.55. The summed E-state index contributed by atoms with van der Waals surface area (Å²) in [5.41, 5.74) is 8.95. The first kappa shape index (κ1) is 15.6. The normalized spacial score (nSPS) is 11.2. The first-order chi connectivity index (χ1) is 9.88. The third kappa shape index (κ3) is 3.67. The zero-order chi connectivity index (χ0) is 15.6. The van der Waals surface area contributed by atoms with Crippen molar-refractivity contribution in [3.05, 3.63) is 46.6 Å². The van der Waals surface area contributed by atoms with Gasteiger partial charge in [0.15, 0.2) is 0 Å². The van der Waals surface area contributed by atoms with Crippen LogP contribution in [0.2, 0.25) is 5.02 Å². The fourth-order valence-electron chi connectivity index (χ4n) is 2.16. The van der Waals surface area contributed by atoms with Gasteiger partial charge in [0, 0.05) is 11.1 Å². The fraction of sp³-hybridized carbons (Fsp3) is 0.353. The van der Waals surface area contributed by atoms with Crippen molar-refractivity contribution in [2.75, 3.05) is 5.73 Å². The van der Waals surface area contributed by atoms with Crippen LogP contribution in [0.1, 0.15) is 50.8 Å². The minimum Gasteiger partial charge on any atom is -0.439 e. The van der Waals surface area contributed by atoms with Gasteiger partial charge in [-0.1, -0.05) is 39.3 Å². The number of nitrogen functional groups attached to an aromatic ring is 1. The lowest BCUT2D eigenvalue weighted by molar-refractivity contribution is 0.458. The van der Waals surface area contributed by atoms with Crippen LogP contribution in [0.3, 0.4) is 0 Å². The van der Waals surface area contributed by atoms with Gasteiger partial charge in [0.25, 0.3) is 0 Å². The zero-order valence-electron chi connectivity index (χ0n) is 12.9. The van der Waals surface area contributed by atoms with E-state index in [2.05, 4.69) is 32.7 Å². The summed E-state index contributed by atoms with van der Waals surface area (Å²) in [6, 6.07) is 9.15. The Morgan fingerprint density at radius 3 is 2.19 bits per heavy atom. The van der Waals surface area contributed by atoms with Gasteiger partial charge in [-0.25, -0.2) is 4.98 Å². The van der Waals surface area contributed by atoms with Gasteiger partial charge in [-0.3, -0.25) is 0 Å². The van der Waals surface area contributed by atoms with Crippen molar-refractivity contribution in [3.63, 3.8) is 0 Å². The maximum absolute atomic E-state index is 6.23. The molecule has 0 aliphatic rings. The van der Waals surface area contributed by atoms with Crippen LogP contribution in [0.25, 0.3) is 0 Å². The molecule has 0 bridgehead atoms. The van der Waals surface area contributed by atoms with E-state index in [9.17, 15) is 0 Å². The molecule has 0 unspecified atom stereocenters. The summed E-state index contributed by atoms with van der Waals surface area (Å²) in [7, 11) is 0. The lowest BCUT2D eigenvalue weighted by atomic mass is 9.97. The lowest BCUT2D eigenvalue weighted by Crippen LogP contribution is -2.07. The minimum atomic E-state index is 0.247. The molecule has 0 atom stereocenters. The largest absolute Gasteiger partial charge is 0.439 e. The second kappa shape index (κ2) is 6.35. The van der Waals surface area contributed by atoms with Crippen LogP contribution in [0.4, 0.5) is 5.69 Å². The molecule has 0 fully saturated rings. The Morgan fingerprint density at radius 2 is 1.67 bits per heavy atom. The van der Waals surface area contributed by atoms with Crippen LogP contribution in [-0.4, -0.2) is 4.98 Å². The molecule has 1 aromatic heterocycles. The molecular weight excluding hydrogens is 284 g/mol. The van der Waals surface area contributed by atoms with E-state index >= 15 is 0 Å². The van der Waals surface area contributed by atoms with Crippen molar-refractivity contribution in [3.8, 4) is 11.6 Å². The summed E-state index contributed by atoms with van der Waals surface area (Å²) in [5, 5.41) is 0.679. The SMILES string of the molecule is CC(C)c1cc(Oc2ccc(Cl)cc2)nc(C(C)C)c1N. The van der Waals surface area contributed by atoms with Crippen molar-refractivity contribution in [2.45, 2.75) is 39.5 Å². The number of hydrogen-bond acceptors (Lipinski definition) is 3. The first-order valence-electron chi connectivity index (χ1n) is 7.12. The molecule has 3 nitrogen and oxygen atoms in total. The van der Waals surface area contributed by atoms with Gasteiger partial charge in [0.05, 0.1) is 11.4 Å². The quantitative estimate of drug-likeness (QED) is 0.827. The maximum Gasteiger partial charge on any atom is 0.219 e. The second-order valence-electron chi connectivity index (χ2n) is 5.71. The number of pyridine rings is 1. The van der Waals surface area contributed by atoms with E-state index in [4.69, 9.17) is 22.1 Å². The molecule has 0 saturated carbocycles. The molecule has 21 heavy (non-hydrogen) atoms. The number of aromatic nitrogens is 1. The molecule has 0 spiro atoms. The van der Waals surface area contributed by atoms with Crippen LogP contribution in [0.15, 0.2) is 30.3 Å². The van der Waals surface area contributed by atoms with Gasteiger partial charge in [0.2, 0.25) is 5.88 Å². The van der Waals surface area contributed by atoms with E-state index < -0.39 is 0 Å². The van der Waals surface area contributed by atoms with Crippen LogP contribution in [0, 0.1) is 0 Å². The molecule has 0 aliphatic heterocycles. The Kier molecular flexibility index (Phi) is 4.73. The predicted octanol–water partition coefficient (Wildman–Crippen LogP) is 5.36. The summed E-state index contributed by atoms with van der Waals surface area (Å²) >= 11 is 5.88. The number of ether oxygens (including phenoxy) is 1. The average molecular weight is 305 g/mol. The highest BCUT2D eigenvalue weighted by Crippen LogP contribution is 2.33. The Labute approximate surface area is 131 Å². The van der Waals surface area contributed by atoms with Crippen LogP contribution < -0.4 is 10.5 Å². The highest BCUT2D eigenvalue weighted by molar-refractivity contribution is 6.30. The monoisotopic (exact) mass is 304 g/mol. The topological polar surface area (TPSA) is 48.1 Å². The second-order valence-corrected chi connectivity index (χ2v) is 6.15. The first-order valence-corrected chi connectivity index (χ1v) is 7.50. The van der Waals surface area contributed by atoms with E-state index in [0.717, 1.165) is 16.9 Å². The molecule has 1 heterocycles.